The highest BCUT2D eigenvalue weighted by molar-refractivity contribution is 9.10. The Labute approximate surface area is 111 Å². The molecule has 0 spiro atoms. The van der Waals surface area contributed by atoms with Gasteiger partial charge in [0.15, 0.2) is 0 Å². The maximum atomic E-state index is 5.63. The third-order valence-electron chi connectivity index (χ3n) is 2.39. The van der Waals surface area contributed by atoms with Gasteiger partial charge in [0.1, 0.15) is 0 Å². The predicted molar refractivity (Wildman–Crippen MR) is 72.8 cm³/mol. The molecule has 0 aliphatic rings. The van der Waals surface area contributed by atoms with Gasteiger partial charge in [0.25, 0.3) is 0 Å². The van der Waals surface area contributed by atoms with Gasteiger partial charge in [-0.05, 0) is 54.5 Å². The monoisotopic (exact) mass is 304 g/mol. The highest BCUT2D eigenvalue weighted by Crippen LogP contribution is 2.09. The fourth-order valence-corrected chi connectivity index (χ4v) is 1.93. The topological polar surface area (TPSA) is 16.1 Å². The molecular formula is C12H18BrClN2. The molecule has 0 fully saturated rings. The molecule has 1 heterocycles. The third-order valence-corrected chi connectivity index (χ3v) is 3.13. The van der Waals surface area contributed by atoms with E-state index in [9.17, 15) is 0 Å². The molecule has 16 heavy (non-hydrogen) atoms. The number of aromatic nitrogens is 1. The van der Waals surface area contributed by atoms with Crippen molar-refractivity contribution in [2.75, 3.05) is 19.5 Å². The molecule has 0 radical (unpaired) electrons. The molecule has 0 amide bonds. The van der Waals surface area contributed by atoms with Gasteiger partial charge in [-0.1, -0.05) is 6.42 Å². The maximum absolute atomic E-state index is 5.63. The summed E-state index contributed by atoms with van der Waals surface area (Å²) in [6, 6.07) is 4.09. The zero-order valence-electron chi connectivity index (χ0n) is 9.63. The van der Waals surface area contributed by atoms with Gasteiger partial charge in [0, 0.05) is 23.1 Å². The van der Waals surface area contributed by atoms with E-state index in [1.807, 2.05) is 12.3 Å². The number of halogens is 2. The van der Waals surface area contributed by atoms with E-state index in [0.29, 0.717) is 0 Å². The molecule has 0 bridgehead atoms. The van der Waals surface area contributed by atoms with E-state index in [1.54, 1.807) is 0 Å². The van der Waals surface area contributed by atoms with Crippen molar-refractivity contribution >= 4 is 27.5 Å². The van der Waals surface area contributed by atoms with Crippen molar-refractivity contribution in [3.8, 4) is 0 Å². The molecular weight excluding hydrogens is 288 g/mol. The van der Waals surface area contributed by atoms with Crippen molar-refractivity contribution in [2.24, 2.45) is 0 Å². The van der Waals surface area contributed by atoms with Crippen molar-refractivity contribution < 1.29 is 0 Å². The number of pyridine rings is 1. The Morgan fingerprint density at radius 2 is 2.12 bits per heavy atom. The number of hydrogen-bond acceptors (Lipinski definition) is 2. The molecule has 1 rings (SSSR count). The lowest BCUT2D eigenvalue weighted by molar-refractivity contribution is 0.314. The van der Waals surface area contributed by atoms with E-state index in [2.05, 4.69) is 38.9 Å². The van der Waals surface area contributed by atoms with Crippen molar-refractivity contribution in [3.05, 3.63) is 28.5 Å². The minimum Gasteiger partial charge on any atom is -0.301 e. The molecule has 1 aromatic rings. The van der Waals surface area contributed by atoms with E-state index in [4.69, 9.17) is 11.6 Å². The summed E-state index contributed by atoms with van der Waals surface area (Å²) in [6.07, 6.45) is 5.38. The Bertz CT molecular complexity index is 290. The van der Waals surface area contributed by atoms with Gasteiger partial charge in [0.05, 0.1) is 5.69 Å². The van der Waals surface area contributed by atoms with E-state index in [-0.39, 0.29) is 0 Å². The summed E-state index contributed by atoms with van der Waals surface area (Å²) in [6.45, 7) is 2.02. The van der Waals surface area contributed by atoms with Crippen LogP contribution >= 0.6 is 27.5 Å². The molecule has 0 aromatic carbocycles. The minimum absolute atomic E-state index is 0.776. The minimum atomic E-state index is 0.776. The molecule has 0 saturated carbocycles. The van der Waals surface area contributed by atoms with E-state index in [1.165, 1.54) is 12.8 Å². The molecule has 90 valence electrons. The quantitative estimate of drug-likeness (QED) is 0.564. The number of unbranched alkanes of at least 4 members (excludes halogenated alkanes) is 2. The van der Waals surface area contributed by atoms with Gasteiger partial charge in [-0.2, -0.15) is 0 Å². The summed E-state index contributed by atoms with van der Waals surface area (Å²) in [5.74, 6) is 0.776. The van der Waals surface area contributed by atoms with Gasteiger partial charge in [-0.25, -0.2) is 0 Å². The number of rotatable bonds is 7. The molecule has 0 N–H and O–H groups in total. The first-order valence-electron chi connectivity index (χ1n) is 5.57. The zero-order chi connectivity index (χ0) is 11.8. The van der Waals surface area contributed by atoms with Crippen molar-refractivity contribution in [1.82, 2.24) is 9.88 Å². The first kappa shape index (κ1) is 13.9. The predicted octanol–water partition coefficient (Wildman–Crippen LogP) is 3.69. The number of hydrogen-bond donors (Lipinski definition) is 0. The molecule has 2 nitrogen and oxygen atoms in total. The van der Waals surface area contributed by atoms with Crippen molar-refractivity contribution in [2.45, 2.75) is 25.8 Å². The van der Waals surface area contributed by atoms with Crippen LogP contribution in [0.1, 0.15) is 25.0 Å². The van der Waals surface area contributed by atoms with Gasteiger partial charge in [0.2, 0.25) is 0 Å². The number of alkyl halides is 1. The summed E-state index contributed by atoms with van der Waals surface area (Å²) in [5.41, 5.74) is 1.11. The van der Waals surface area contributed by atoms with Crippen LogP contribution in [0, 0.1) is 0 Å². The lowest BCUT2D eigenvalue weighted by atomic mass is 10.2. The van der Waals surface area contributed by atoms with Gasteiger partial charge in [-0.3, -0.25) is 4.98 Å². The Balaban J connectivity index is 2.23. The van der Waals surface area contributed by atoms with E-state index >= 15 is 0 Å². The highest BCUT2D eigenvalue weighted by atomic mass is 79.9. The average molecular weight is 306 g/mol. The molecule has 0 unspecified atom stereocenters. The second-order valence-corrected chi connectivity index (χ2v) is 5.25. The van der Waals surface area contributed by atoms with Gasteiger partial charge in [-0.15, -0.1) is 11.6 Å². The molecule has 0 aliphatic carbocycles. The van der Waals surface area contributed by atoms with Gasteiger partial charge < -0.3 is 4.90 Å². The third kappa shape index (κ3) is 5.83. The summed E-state index contributed by atoms with van der Waals surface area (Å²) in [5, 5.41) is 0. The molecule has 0 aliphatic heterocycles. The van der Waals surface area contributed by atoms with Crippen molar-refractivity contribution in [1.29, 1.82) is 0 Å². The van der Waals surface area contributed by atoms with Crippen LogP contribution in [0.2, 0.25) is 0 Å². The molecule has 4 heteroatoms. The Morgan fingerprint density at radius 1 is 1.31 bits per heavy atom. The van der Waals surface area contributed by atoms with Gasteiger partial charge >= 0.3 is 0 Å². The van der Waals surface area contributed by atoms with E-state index < -0.39 is 0 Å². The molecule has 1 aromatic heterocycles. The van der Waals surface area contributed by atoms with Crippen LogP contribution < -0.4 is 0 Å². The normalized spacial score (nSPS) is 11.0. The molecule has 0 atom stereocenters. The lowest BCUT2D eigenvalue weighted by Gasteiger charge is -2.15. The standard InChI is InChI=1S/C12H18BrClN2/c1-16(8-4-2-3-7-14)10-12-6-5-11(13)9-15-12/h5-6,9H,2-4,7-8,10H2,1H3. The Kier molecular flexibility index (Phi) is 7.01. The van der Waals surface area contributed by atoms with Crippen molar-refractivity contribution in [3.63, 3.8) is 0 Å². The summed E-state index contributed by atoms with van der Waals surface area (Å²) in [4.78, 5) is 6.65. The maximum Gasteiger partial charge on any atom is 0.0544 e. The Morgan fingerprint density at radius 3 is 2.75 bits per heavy atom. The van der Waals surface area contributed by atoms with Crippen LogP contribution in [0.4, 0.5) is 0 Å². The number of nitrogens with zero attached hydrogens (tertiary/aromatic N) is 2. The van der Waals surface area contributed by atoms with Crippen LogP contribution in [-0.4, -0.2) is 29.4 Å². The first-order chi connectivity index (χ1) is 7.72. The SMILES string of the molecule is CN(CCCCCCl)Cc1ccc(Br)cn1. The van der Waals surface area contributed by atoms with Crippen LogP contribution in [0.5, 0.6) is 0 Å². The largest absolute Gasteiger partial charge is 0.301 e. The van der Waals surface area contributed by atoms with Crippen LogP contribution in [0.15, 0.2) is 22.8 Å². The van der Waals surface area contributed by atoms with E-state index in [0.717, 1.165) is 35.6 Å². The van der Waals surface area contributed by atoms with Crippen LogP contribution in [0.3, 0.4) is 0 Å². The lowest BCUT2D eigenvalue weighted by Crippen LogP contribution is -2.19. The fraction of sp³-hybridized carbons (Fsp3) is 0.583. The smallest absolute Gasteiger partial charge is 0.0544 e. The van der Waals surface area contributed by atoms with Crippen LogP contribution in [-0.2, 0) is 6.54 Å². The molecule has 0 saturated heterocycles. The average Bonchev–Trinajstić information content (AvgIpc) is 2.28. The second-order valence-electron chi connectivity index (χ2n) is 3.96. The fourth-order valence-electron chi connectivity index (χ4n) is 1.51. The summed E-state index contributed by atoms with van der Waals surface area (Å²) < 4.78 is 1.03. The first-order valence-corrected chi connectivity index (χ1v) is 6.90. The summed E-state index contributed by atoms with van der Waals surface area (Å²) >= 11 is 9.02. The highest BCUT2D eigenvalue weighted by Gasteiger charge is 2.01. The Hall–Kier alpha value is -0.120. The van der Waals surface area contributed by atoms with Crippen LogP contribution in [0.25, 0.3) is 0 Å². The second kappa shape index (κ2) is 8.04. The zero-order valence-corrected chi connectivity index (χ0v) is 12.0. The summed E-state index contributed by atoms with van der Waals surface area (Å²) in [7, 11) is 2.13.